The molecule has 5 nitrogen and oxygen atoms in total. The van der Waals surface area contributed by atoms with E-state index in [1.807, 2.05) is 37.3 Å². The molecule has 0 unspecified atom stereocenters. The monoisotopic (exact) mass is 381 g/mol. The van der Waals surface area contributed by atoms with Gasteiger partial charge in [0.2, 0.25) is 5.91 Å². The van der Waals surface area contributed by atoms with Crippen LogP contribution in [0, 0.1) is 0 Å². The van der Waals surface area contributed by atoms with Gasteiger partial charge in [-0.3, -0.25) is 9.59 Å². The summed E-state index contributed by atoms with van der Waals surface area (Å²) in [6.07, 6.45) is 0.442. The molecule has 2 aromatic rings. The number of nitrogens with two attached hydrogens (primary N) is 1. The summed E-state index contributed by atoms with van der Waals surface area (Å²) in [5.74, 6) is -0.554. The average molecular weight is 382 g/mol. The van der Waals surface area contributed by atoms with Crippen LogP contribution in [-0.2, 0) is 11.2 Å². The molecule has 0 aliphatic heterocycles. The second-order valence-electron chi connectivity index (χ2n) is 5.34. The Bertz CT molecular complexity index is 724. The predicted molar refractivity (Wildman–Crippen MR) is 103 cm³/mol. The number of benzene rings is 2. The third-order valence-electron chi connectivity index (χ3n) is 3.45. The molecular formula is C18H21Cl2N3O2. The quantitative estimate of drug-likeness (QED) is 0.718. The zero-order chi connectivity index (χ0) is 17.5. The van der Waals surface area contributed by atoms with Crippen molar-refractivity contribution >= 4 is 41.5 Å². The maximum atomic E-state index is 12.2. The first-order valence-corrected chi connectivity index (χ1v) is 8.07. The van der Waals surface area contributed by atoms with Crippen molar-refractivity contribution in [3.63, 3.8) is 0 Å². The fourth-order valence-corrected chi connectivity index (χ4v) is 2.49. The first-order valence-electron chi connectivity index (χ1n) is 7.69. The molecule has 0 bridgehead atoms. The number of carbonyl (C=O) groups excluding carboxylic acids is 2. The van der Waals surface area contributed by atoms with Gasteiger partial charge >= 0.3 is 0 Å². The number of rotatable bonds is 6. The maximum absolute atomic E-state index is 12.2. The third-order valence-corrected chi connectivity index (χ3v) is 3.77. The number of nitrogens with one attached hydrogen (secondary N) is 2. The van der Waals surface area contributed by atoms with Crippen molar-refractivity contribution < 1.29 is 9.59 Å². The van der Waals surface area contributed by atoms with Crippen molar-refractivity contribution in [1.82, 2.24) is 5.32 Å². The molecule has 134 valence electrons. The van der Waals surface area contributed by atoms with Crippen LogP contribution in [0.15, 0.2) is 48.5 Å². The second kappa shape index (κ2) is 10.0. The lowest BCUT2D eigenvalue weighted by Gasteiger charge is -2.13. The van der Waals surface area contributed by atoms with Crippen LogP contribution in [0.3, 0.4) is 0 Å². The van der Waals surface area contributed by atoms with Crippen LogP contribution in [0.25, 0.3) is 0 Å². The zero-order valence-corrected chi connectivity index (χ0v) is 15.4. The van der Waals surface area contributed by atoms with Gasteiger partial charge in [-0.05, 0) is 37.1 Å². The smallest absolute Gasteiger partial charge is 0.252 e. The molecule has 0 spiro atoms. The molecule has 0 saturated heterocycles. The highest BCUT2D eigenvalue weighted by molar-refractivity contribution is 6.34. The molecule has 0 aliphatic carbocycles. The number of amides is 2. The van der Waals surface area contributed by atoms with Crippen molar-refractivity contribution in [3.05, 3.63) is 64.7 Å². The van der Waals surface area contributed by atoms with E-state index < -0.39 is 6.04 Å². The molecule has 2 rings (SSSR count). The van der Waals surface area contributed by atoms with Gasteiger partial charge < -0.3 is 16.4 Å². The Morgan fingerprint density at radius 1 is 1.16 bits per heavy atom. The highest BCUT2D eigenvalue weighted by atomic mass is 35.5. The van der Waals surface area contributed by atoms with Crippen LogP contribution >= 0.6 is 24.0 Å². The van der Waals surface area contributed by atoms with Gasteiger partial charge in [0.05, 0.1) is 16.6 Å². The molecule has 25 heavy (non-hydrogen) atoms. The highest BCUT2D eigenvalue weighted by Gasteiger charge is 2.16. The minimum Gasteiger partial charge on any atom is -0.352 e. The SMILES string of the molecule is CCNC(=O)c1ccc(NC(=O)[C@H](N)Cc2ccccc2)cc1Cl.Cl. The van der Waals surface area contributed by atoms with Crippen LogP contribution in [-0.4, -0.2) is 24.4 Å². The van der Waals surface area contributed by atoms with E-state index in [0.717, 1.165) is 5.56 Å². The van der Waals surface area contributed by atoms with Crippen molar-refractivity contribution in [2.45, 2.75) is 19.4 Å². The molecule has 0 fully saturated rings. The lowest BCUT2D eigenvalue weighted by atomic mass is 10.1. The van der Waals surface area contributed by atoms with Crippen LogP contribution in [0.5, 0.6) is 0 Å². The lowest BCUT2D eigenvalue weighted by Crippen LogP contribution is -2.37. The number of carbonyl (C=O) groups is 2. The molecule has 0 aromatic heterocycles. The Kier molecular flexibility index (Phi) is 8.41. The van der Waals surface area contributed by atoms with E-state index in [9.17, 15) is 9.59 Å². The van der Waals surface area contributed by atoms with E-state index in [0.29, 0.717) is 24.2 Å². The summed E-state index contributed by atoms with van der Waals surface area (Å²) in [5, 5.41) is 5.67. The molecule has 0 aliphatic rings. The number of hydrogen-bond donors (Lipinski definition) is 3. The van der Waals surface area contributed by atoms with Gasteiger partial charge in [-0.15, -0.1) is 12.4 Å². The first kappa shape index (κ1) is 21.0. The van der Waals surface area contributed by atoms with E-state index >= 15 is 0 Å². The Morgan fingerprint density at radius 3 is 2.44 bits per heavy atom. The first-order chi connectivity index (χ1) is 11.5. The van der Waals surface area contributed by atoms with Crippen LogP contribution in [0.1, 0.15) is 22.8 Å². The Labute approximate surface area is 158 Å². The van der Waals surface area contributed by atoms with E-state index in [4.69, 9.17) is 17.3 Å². The molecule has 4 N–H and O–H groups in total. The predicted octanol–water partition coefficient (Wildman–Crippen LogP) is 3.02. The van der Waals surface area contributed by atoms with Crippen LogP contribution < -0.4 is 16.4 Å². The van der Waals surface area contributed by atoms with Gasteiger partial charge in [0.25, 0.3) is 5.91 Å². The molecule has 0 heterocycles. The Hall–Kier alpha value is -2.08. The molecule has 7 heteroatoms. The number of anilines is 1. The largest absolute Gasteiger partial charge is 0.352 e. The van der Waals surface area contributed by atoms with E-state index in [-0.39, 0.29) is 29.2 Å². The van der Waals surface area contributed by atoms with Gasteiger partial charge in [-0.2, -0.15) is 0 Å². The van der Waals surface area contributed by atoms with Crippen LogP contribution in [0.2, 0.25) is 5.02 Å². The minimum atomic E-state index is -0.672. The van der Waals surface area contributed by atoms with Crippen molar-refractivity contribution in [1.29, 1.82) is 0 Å². The van der Waals surface area contributed by atoms with Crippen molar-refractivity contribution in [3.8, 4) is 0 Å². The summed E-state index contributed by atoms with van der Waals surface area (Å²) in [7, 11) is 0. The molecular weight excluding hydrogens is 361 g/mol. The number of hydrogen-bond acceptors (Lipinski definition) is 3. The Morgan fingerprint density at radius 2 is 1.84 bits per heavy atom. The molecule has 1 atom stereocenters. The summed E-state index contributed by atoms with van der Waals surface area (Å²) < 4.78 is 0. The van der Waals surface area contributed by atoms with Gasteiger partial charge in [0.1, 0.15) is 0 Å². The van der Waals surface area contributed by atoms with E-state index in [2.05, 4.69) is 10.6 Å². The summed E-state index contributed by atoms with van der Waals surface area (Å²) >= 11 is 6.11. The third kappa shape index (κ3) is 6.05. The maximum Gasteiger partial charge on any atom is 0.252 e. The molecule has 0 saturated carbocycles. The van der Waals surface area contributed by atoms with Gasteiger partial charge in [0.15, 0.2) is 0 Å². The molecule has 2 amide bonds. The van der Waals surface area contributed by atoms with Crippen molar-refractivity contribution in [2.75, 3.05) is 11.9 Å². The topological polar surface area (TPSA) is 84.2 Å². The van der Waals surface area contributed by atoms with E-state index in [1.54, 1.807) is 18.2 Å². The molecule has 2 aromatic carbocycles. The zero-order valence-electron chi connectivity index (χ0n) is 13.8. The fraction of sp³-hybridized carbons (Fsp3) is 0.222. The van der Waals surface area contributed by atoms with E-state index in [1.165, 1.54) is 0 Å². The summed E-state index contributed by atoms with van der Waals surface area (Å²) in [6.45, 7) is 2.34. The van der Waals surface area contributed by atoms with Gasteiger partial charge in [0, 0.05) is 12.2 Å². The number of halogens is 2. The Balaban J connectivity index is 0.00000312. The minimum absolute atomic E-state index is 0. The summed E-state index contributed by atoms with van der Waals surface area (Å²) in [6, 6.07) is 13.6. The standard InChI is InChI=1S/C18H20ClN3O2.ClH/c1-2-21-17(23)14-9-8-13(11-15(14)19)22-18(24)16(20)10-12-6-4-3-5-7-12;/h3-9,11,16H,2,10,20H2,1H3,(H,21,23)(H,22,24);1H/t16-;/m1./s1. The average Bonchev–Trinajstić information content (AvgIpc) is 2.56. The normalized spacial score (nSPS) is 11.2. The van der Waals surface area contributed by atoms with Gasteiger partial charge in [-0.1, -0.05) is 41.9 Å². The van der Waals surface area contributed by atoms with Crippen LogP contribution in [0.4, 0.5) is 5.69 Å². The van der Waals surface area contributed by atoms with Gasteiger partial charge in [-0.25, -0.2) is 0 Å². The fourth-order valence-electron chi connectivity index (χ4n) is 2.23. The summed E-state index contributed by atoms with van der Waals surface area (Å²) in [5.41, 5.74) is 7.80. The van der Waals surface area contributed by atoms with Crippen molar-refractivity contribution in [2.24, 2.45) is 5.73 Å². The summed E-state index contributed by atoms with van der Waals surface area (Å²) in [4.78, 5) is 24.0. The second-order valence-corrected chi connectivity index (χ2v) is 5.75. The molecule has 0 radical (unpaired) electrons. The highest BCUT2D eigenvalue weighted by Crippen LogP contribution is 2.21. The lowest BCUT2D eigenvalue weighted by molar-refractivity contribution is -0.117.